The molecule has 0 amide bonds. The first-order valence-corrected chi connectivity index (χ1v) is 7.38. The summed E-state index contributed by atoms with van der Waals surface area (Å²) in [6, 6.07) is 2.23. The maximum Gasteiger partial charge on any atom is 0.243 e. The van der Waals surface area contributed by atoms with Gasteiger partial charge < -0.3 is 5.73 Å². The van der Waals surface area contributed by atoms with Gasteiger partial charge in [0.2, 0.25) is 10.0 Å². The summed E-state index contributed by atoms with van der Waals surface area (Å²) in [4.78, 5) is -0.518. The second-order valence-corrected chi connectivity index (χ2v) is 6.32. The van der Waals surface area contributed by atoms with E-state index in [4.69, 9.17) is 17.3 Å². The Morgan fingerprint density at radius 2 is 2.11 bits per heavy atom. The zero-order valence-electron chi connectivity index (χ0n) is 10.2. The summed E-state index contributed by atoms with van der Waals surface area (Å²) in [6.45, 7) is 4.08. The van der Waals surface area contributed by atoms with Crippen molar-refractivity contribution in [3.05, 3.63) is 23.0 Å². The van der Waals surface area contributed by atoms with E-state index in [0.29, 0.717) is 0 Å². The van der Waals surface area contributed by atoms with E-state index < -0.39 is 20.7 Å². The van der Waals surface area contributed by atoms with Crippen LogP contribution < -0.4 is 10.5 Å². The summed E-state index contributed by atoms with van der Waals surface area (Å²) in [7, 11) is -3.93. The fraction of sp³-hybridized carbons (Fsp3) is 0.455. The monoisotopic (exact) mass is 294 g/mol. The molecule has 0 fully saturated rings. The van der Waals surface area contributed by atoms with Gasteiger partial charge >= 0.3 is 0 Å². The third-order valence-electron chi connectivity index (χ3n) is 2.63. The molecule has 4 nitrogen and oxygen atoms in total. The first-order chi connectivity index (χ1) is 8.27. The molecule has 0 aromatic heterocycles. The largest absolute Gasteiger partial charge is 0.399 e. The van der Waals surface area contributed by atoms with E-state index in [2.05, 4.69) is 4.72 Å². The van der Waals surface area contributed by atoms with Gasteiger partial charge in [-0.25, -0.2) is 17.5 Å². The molecule has 1 aromatic carbocycles. The highest BCUT2D eigenvalue weighted by Gasteiger charge is 2.22. The zero-order chi connectivity index (χ0) is 13.9. The van der Waals surface area contributed by atoms with E-state index in [-0.39, 0.29) is 23.2 Å². The van der Waals surface area contributed by atoms with Crippen LogP contribution in [0.4, 0.5) is 10.1 Å². The third kappa shape index (κ3) is 3.57. The fourth-order valence-corrected chi connectivity index (χ4v) is 2.83. The number of benzene rings is 1. The van der Waals surface area contributed by atoms with Crippen molar-refractivity contribution in [2.75, 3.05) is 12.3 Å². The van der Waals surface area contributed by atoms with Gasteiger partial charge in [-0.1, -0.05) is 31.9 Å². The SMILES string of the molecule is CCC(C)CNS(=O)(=O)c1cc(N)cc(Cl)c1F. The molecule has 0 spiro atoms. The summed E-state index contributed by atoms with van der Waals surface area (Å²) in [6.07, 6.45) is 0.822. The Morgan fingerprint density at radius 1 is 1.50 bits per heavy atom. The average molecular weight is 295 g/mol. The molecule has 0 aliphatic heterocycles. The van der Waals surface area contributed by atoms with Crippen molar-refractivity contribution in [2.24, 2.45) is 5.92 Å². The lowest BCUT2D eigenvalue weighted by molar-refractivity contribution is 0.521. The highest BCUT2D eigenvalue weighted by atomic mass is 35.5. The van der Waals surface area contributed by atoms with Gasteiger partial charge in [-0.15, -0.1) is 0 Å². The first-order valence-electron chi connectivity index (χ1n) is 5.52. The summed E-state index contributed by atoms with van der Waals surface area (Å²) < 4.78 is 39.8. The predicted molar refractivity (Wildman–Crippen MR) is 70.5 cm³/mol. The molecule has 1 unspecified atom stereocenters. The van der Waals surface area contributed by atoms with Crippen LogP contribution in [0.25, 0.3) is 0 Å². The summed E-state index contributed by atoms with van der Waals surface area (Å²) in [5.74, 6) is -0.818. The fourth-order valence-electron chi connectivity index (χ4n) is 1.25. The van der Waals surface area contributed by atoms with Gasteiger partial charge in [-0.05, 0) is 18.1 Å². The first kappa shape index (κ1) is 15.2. The van der Waals surface area contributed by atoms with Crippen molar-refractivity contribution >= 4 is 27.3 Å². The Labute approximate surface area is 111 Å². The van der Waals surface area contributed by atoms with Crippen LogP contribution in [0.2, 0.25) is 5.02 Å². The van der Waals surface area contributed by atoms with Crippen LogP contribution in [0.3, 0.4) is 0 Å². The van der Waals surface area contributed by atoms with E-state index in [9.17, 15) is 12.8 Å². The topological polar surface area (TPSA) is 72.2 Å². The number of nitrogens with one attached hydrogen (secondary N) is 1. The normalized spacial score (nSPS) is 13.6. The van der Waals surface area contributed by atoms with Crippen molar-refractivity contribution in [3.63, 3.8) is 0 Å². The van der Waals surface area contributed by atoms with Crippen LogP contribution in [0.1, 0.15) is 20.3 Å². The number of anilines is 1. The molecular formula is C11H16ClFN2O2S. The molecule has 1 atom stereocenters. The van der Waals surface area contributed by atoms with Crippen molar-refractivity contribution in [1.82, 2.24) is 4.72 Å². The lowest BCUT2D eigenvalue weighted by atomic mass is 10.1. The highest BCUT2D eigenvalue weighted by molar-refractivity contribution is 7.89. The van der Waals surface area contributed by atoms with E-state index in [0.717, 1.165) is 12.5 Å². The second-order valence-electron chi connectivity index (χ2n) is 4.18. The van der Waals surface area contributed by atoms with Gasteiger partial charge in [0.1, 0.15) is 4.90 Å². The Hall–Kier alpha value is -0.850. The number of hydrogen-bond donors (Lipinski definition) is 2. The minimum Gasteiger partial charge on any atom is -0.399 e. The number of nitrogen functional groups attached to an aromatic ring is 1. The molecule has 1 aromatic rings. The number of sulfonamides is 1. The summed E-state index contributed by atoms with van der Waals surface area (Å²) in [5, 5.41) is -0.307. The minimum absolute atomic E-state index is 0.102. The molecule has 102 valence electrons. The number of rotatable bonds is 5. The Kier molecular flexibility index (Phi) is 4.95. The van der Waals surface area contributed by atoms with Gasteiger partial charge in [0, 0.05) is 12.2 Å². The van der Waals surface area contributed by atoms with Crippen LogP contribution >= 0.6 is 11.6 Å². The summed E-state index contributed by atoms with van der Waals surface area (Å²) in [5.41, 5.74) is 5.57. The standard InChI is InChI=1S/C11H16ClFN2O2S/c1-3-7(2)6-15-18(16,17)10-5-8(14)4-9(12)11(10)13/h4-5,7,15H,3,6,14H2,1-2H3. The van der Waals surface area contributed by atoms with E-state index >= 15 is 0 Å². The van der Waals surface area contributed by atoms with Crippen LogP contribution in [0.15, 0.2) is 17.0 Å². The Balaban J connectivity index is 3.05. The molecule has 1 rings (SSSR count). The maximum absolute atomic E-state index is 13.7. The molecule has 0 radical (unpaired) electrons. The van der Waals surface area contributed by atoms with Crippen molar-refractivity contribution in [1.29, 1.82) is 0 Å². The van der Waals surface area contributed by atoms with Gasteiger partial charge in [0.25, 0.3) is 0 Å². The number of nitrogens with two attached hydrogens (primary N) is 1. The quantitative estimate of drug-likeness (QED) is 0.819. The van der Waals surface area contributed by atoms with Gasteiger partial charge in [-0.2, -0.15) is 0 Å². The maximum atomic E-state index is 13.7. The second kappa shape index (κ2) is 5.86. The molecule has 0 bridgehead atoms. The van der Waals surface area contributed by atoms with Gasteiger partial charge in [-0.3, -0.25) is 0 Å². The van der Waals surface area contributed by atoms with Crippen LogP contribution in [-0.4, -0.2) is 15.0 Å². The molecule has 0 saturated carbocycles. The molecule has 0 aliphatic rings. The molecule has 0 aliphatic carbocycles. The average Bonchev–Trinajstić information content (AvgIpc) is 2.30. The van der Waals surface area contributed by atoms with Crippen LogP contribution in [0, 0.1) is 11.7 Å². The van der Waals surface area contributed by atoms with Crippen LogP contribution in [0.5, 0.6) is 0 Å². The number of halogens is 2. The van der Waals surface area contributed by atoms with E-state index in [1.807, 2.05) is 13.8 Å². The smallest absolute Gasteiger partial charge is 0.243 e. The summed E-state index contributed by atoms with van der Waals surface area (Å²) >= 11 is 5.57. The van der Waals surface area contributed by atoms with Crippen molar-refractivity contribution in [2.45, 2.75) is 25.2 Å². The molecule has 3 N–H and O–H groups in total. The van der Waals surface area contributed by atoms with Crippen molar-refractivity contribution in [3.8, 4) is 0 Å². The molecule has 0 heterocycles. The Morgan fingerprint density at radius 3 is 2.67 bits per heavy atom. The third-order valence-corrected chi connectivity index (χ3v) is 4.32. The molecule has 18 heavy (non-hydrogen) atoms. The Bertz CT molecular complexity index is 534. The van der Waals surface area contributed by atoms with Gasteiger partial charge in [0.15, 0.2) is 5.82 Å². The predicted octanol–water partition coefficient (Wildman–Crippen LogP) is 2.39. The molecular weight excluding hydrogens is 279 g/mol. The lowest BCUT2D eigenvalue weighted by Gasteiger charge is -2.12. The van der Waals surface area contributed by atoms with Crippen LogP contribution in [-0.2, 0) is 10.0 Å². The van der Waals surface area contributed by atoms with Crippen molar-refractivity contribution < 1.29 is 12.8 Å². The van der Waals surface area contributed by atoms with E-state index in [1.54, 1.807) is 0 Å². The lowest BCUT2D eigenvalue weighted by Crippen LogP contribution is -2.29. The molecule has 0 saturated heterocycles. The van der Waals surface area contributed by atoms with E-state index in [1.165, 1.54) is 6.07 Å². The van der Waals surface area contributed by atoms with Gasteiger partial charge in [0.05, 0.1) is 5.02 Å². The highest BCUT2D eigenvalue weighted by Crippen LogP contribution is 2.25. The number of hydrogen-bond acceptors (Lipinski definition) is 3. The zero-order valence-corrected chi connectivity index (χ0v) is 11.8. The minimum atomic E-state index is -3.93. The molecule has 7 heteroatoms.